The van der Waals surface area contributed by atoms with Crippen LogP contribution in [0.4, 0.5) is 0 Å². The first-order valence-electron chi connectivity index (χ1n) is 3.95. The predicted molar refractivity (Wildman–Crippen MR) is 51.0 cm³/mol. The minimum Gasteiger partial charge on any atom is -0.273 e. The number of hydrogen-bond donors (Lipinski definition) is 0. The summed E-state index contributed by atoms with van der Waals surface area (Å²) in [6.07, 6.45) is 14.2. The summed E-state index contributed by atoms with van der Waals surface area (Å²) in [4.78, 5) is 0. The molecule has 0 saturated carbocycles. The van der Waals surface area contributed by atoms with Gasteiger partial charge in [0.05, 0.1) is 0 Å². The first-order valence-corrected chi connectivity index (χ1v) is 3.95. The topological polar surface area (TPSA) is 0 Å². The van der Waals surface area contributed by atoms with Gasteiger partial charge in [-0.2, -0.15) is 6.08 Å². The smallest absolute Gasteiger partial charge is 0.273 e. The van der Waals surface area contributed by atoms with Gasteiger partial charge in [0.1, 0.15) is 0 Å². The second-order valence-electron chi connectivity index (χ2n) is 2.32. The Morgan fingerprint density at radius 3 is 2.33 bits per heavy atom. The summed E-state index contributed by atoms with van der Waals surface area (Å²) in [6.45, 7) is 6.16. The van der Waals surface area contributed by atoms with Gasteiger partial charge in [-0.15, -0.1) is 20.3 Å². The molecule has 1 rings (SSSR count). The van der Waals surface area contributed by atoms with Gasteiger partial charge in [0, 0.05) is 0 Å². The number of allylic oxidation sites excluding steroid dienone is 6. The van der Waals surface area contributed by atoms with Gasteiger partial charge < -0.3 is 0 Å². The monoisotopic (exact) mass is 206 g/mol. The maximum Gasteiger partial charge on any atom is 2.00 e. The van der Waals surface area contributed by atoms with Crippen molar-refractivity contribution in [1.82, 2.24) is 0 Å². The second-order valence-corrected chi connectivity index (χ2v) is 2.32. The maximum atomic E-state index is 2.99. The van der Waals surface area contributed by atoms with E-state index < -0.39 is 0 Å². The molecule has 0 N–H and O–H groups in total. The molecular weight excluding hydrogens is 191 g/mol. The van der Waals surface area contributed by atoms with Crippen molar-refractivity contribution in [2.45, 2.75) is 27.2 Å². The summed E-state index contributed by atoms with van der Waals surface area (Å²) in [6, 6.07) is 0. The molecule has 0 radical (unpaired) electrons. The fraction of sp³-hybridized carbons (Fsp3) is 0.364. The van der Waals surface area contributed by atoms with Gasteiger partial charge in [0.15, 0.2) is 0 Å². The van der Waals surface area contributed by atoms with Crippen LogP contribution in [0, 0.1) is 12.5 Å². The molecule has 12 heavy (non-hydrogen) atoms. The van der Waals surface area contributed by atoms with Crippen molar-refractivity contribution >= 4 is 0 Å². The largest absolute Gasteiger partial charge is 2.00 e. The van der Waals surface area contributed by atoms with Crippen LogP contribution >= 0.6 is 0 Å². The van der Waals surface area contributed by atoms with Crippen molar-refractivity contribution < 1.29 is 16.5 Å². The van der Waals surface area contributed by atoms with Gasteiger partial charge in [-0.3, -0.25) is 6.08 Å². The van der Waals surface area contributed by atoms with Gasteiger partial charge in [0.2, 0.25) is 0 Å². The molecule has 0 nitrogen and oxygen atoms in total. The van der Waals surface area contributed by atoms with Crippen LogP contribution in [0.25, 0.3) is 0 Å². The molecule has 0 fully saturated rings. The van der Waals surface area contributed by atoms with Crippen LogP contribution in [0.3, 0.4) is 0 Å². The van der Waals surface area contributed by atoms with Crippen LogP contribution in [0.5, 0.6) is 0 Å². The second kappa shape index (κ2) is 10.6. The Morgan fingerprint density at radius 1 is 1.58 bits per heavy atom. The zero-order valence-electron chi connectivity index (χ0n) is 7.91. The average Bonchev–Trinajstić information content (AvgIpc) is 2.60. The Labute approximate surface area is 86.4 Å². The fourth-order valence-electron chi connectivity index (χ4n) is 0.507. The van der Waals surface area contributed by atoms with E-state index in [9.17, 15) is 0 Å². The van der Waals surface area contributed by atoms with Gasteiger partial charge in [-0.1, -0.05) is 6.92 Å². The van der Waals surface area contributed by atoms with E-state index >= 15 is 0 Å². The van der Waals surface area contributed by atoms with E-state index in [2.05, 4.69) is 31.6 Å². The maximum absolute atomic E-state index is 2.99. The molecule has 0 bridgehead atoms. The van der Waals surface area contributed by atoms with Crippen molar-refractivity contribution in [1.29, 1.82) is 0 Å². The van der Waals surface area contributed by atoms with Crippen LogP contribution < -0.4 is 0 Å². The van der Waals surface area contributed by atoms with Crippen molar-refractivity contribution in [3.8, 4) is 0 Å². The summed E-state index contributed by atoms with van der Waals surface area (Å²) < 4.78 is 0. The molecule has 0 atom stereocenters. The normalized spacial score (nSPS) is 13.1. The van der Waals surface area contributed by atoms with E-state index in [1.54, 1.807) is 0 Å². The van der Waals surface area contributed by atoms with Crippen LogP contribution in [0.15, 0.2) is 29.9 Å². The van der Waals surface area contributed by atoms with E-state index in [0.717, 1.165) is 6.42 Å². The van der Waals surface area contributed by atoms with Gasteiger partial charge in [-0.25, -0.2) is 30.2 Å². The van der Waals surface area contributed by atoms with Crippen molar-refractivity contribution in [3.63, 3.8) is 0 Å². The molecule has 0 aromatic rings. The molecule has 0 amide bonds. The average molecular weight is 207 g/mol. The summed E-state index contributed by atoms with van der Waals surface area (Å²) in [7, 11) is 0. The van der Waals surface area contributed by atoms with Crippen LogP contribution in [-0.4, -0.2) is 0 Å². The molecular formula is C11H16Ni. The minimum atomic E-state index is 0. The fourth-order valence-corrected chi connectivity index (χ4v) is 0.507. The molecule has 0 spiro atoms. The first kappa shape index (κ1) is 14.1. The SMILES string of the molecule is C/C=C(\C)[CH-]C.[C-]1=CC=CC1.[Ni+2]. The zero-order valence-corrected chi connectivity index (χ0v) is 8.90. The van der Waals surface area contributed by atoms with E-state index in [1.165, 1.54) is 5.57 Å². The standard InChI is InChI=1S/C6H11.C5H5.Ni/c1-4-6(3)5-2;1-2-4-5-3-1;/h4-5H,1-3H3;1-3H,4H2;/q2*-1;+2/b6-4+;;. The van der Waals surface area contributed by atoms with E-state index in [-0.39, 0.29) is 16.5 Å². The van der Waals surface area contributed by atoms with E-state index in [1.807, 2.05) is 26.0 Å². The summed E-state index contributed by atoms with van der Waals surface area (Å²) in [5.41, 5.74) is 1.34. The summed E-state index contributed by atoms with van der Waals surface area (Å²) in [5.74, 6) is 0. The molecule has 1 heteroatoms. The quantitative estimate of drug-likeness (QED) is 0.456. The van der Waals surface area contributed by atoms with Crippen molar-refractivity contribution in [2.24, 2.45) is 0 Å². The van der Waals surface area contributed by atoms with Crippen LogP contribution in [0.1, 0.15) is 27.2 Å². The number of rotatable bonds is 1. The van der Waals surface area contributed by atoms with Gasteiger partial charge >= 0.3 is 16.5 Å². The molecule has 0 unspecified atom stereocenters. The Morgan fingerprint density at radius 2 is 2.25 bits per heavy atom. The third-order valence-corrected chi connectivity index (χ3v) is 1.50. The van der Waals surface area contributed by atoms with Crippen LogP contribution in [-0.2, 0) is 16.5 Å². The molecule has 0 saturated heterocycles. The molecule has 0 aliphatic heterocycles. The minimum absolute atomic E-state index is 0. The molecule has 1 aliphatic carbocycles. The zero-order chi connectivity index (χ0) is 8.53. The van der Waals surface area contributed by atoms with Crippen LogP contribution in [0.2, 0.25) is 0 Å². The predicted octanol–water partition coefficient (Wildman–Crippen LogP) is 3.48. The third-order valence-electron chi connectivity index (χ3n) is 1.50. The Kier molecular flexibility index (Phi) is 12.5. The van der Waals surface area contributed by atoms with Crippen molar-refractivity contribution in [3.05, 3.63) is 42.4 Å². The van der Waals surface area contributed by atoms with Gasteiger partial charge in [0.25, 0.3) is 0 Å². The van der Waals surface area contributed by atoms with E-state index in [0.29, 0.717) is 0 Å². The summed E-state index contributed by atoms with van der Waals surface area (Å²) in [5, 5.41) is 0. The molecule has 0 aromatic carbocycles. The molecule has 0 heterocycles. The summed E-state index contributed by atoms with van der Waals surface area (Å²) >= 11 is 0. The van der Waals surface area contributed by atoms with Gasteiger partial charge in [-0.05, 0) is 0 Å². The Hall–Kier alpha value is -0.416. The van der Waals surface area contributed by atoms with E-state index in [4.69, 9.17) is 0 Å². The van der Waals surface area contributed by atoms with Crippen molar-refractivity contribution in [2.75, 3.05) is 0 Å². The molecule has 1 aliphatic rings. The molecule has 70 valence electrons. The third kappa shape index (κ3) is 9.58. The molecule has 0 aromatic heterocycles. The first-order chi connectivity index (χ1) is 5.31. The Bertz CT molecular complexity index is 154. The Balaban J connectivity index is 0. The number of hydrogen-bond acceptors (Lipinski definition) is 0.